The van der Waals surface area contributed by atoms with Crippen LogP contribution < -0.4 is 18.9 Å². The molecular weight excluding hydrogens is 490 g/mol. The summed E-state index contributed by atoms with van der Waals surface area (Å²) in [6.07, 6.45) is 1.67. The molecule has 0 aliphatic carbocycles. The van der Waals surface area contributed by atoms with Crippen molar-refractivity contribution in [3.05, 3.63) is 87.3 Å². The third-order valence-corrected chi connectivity index (χ3v) is 6.73. The van der Waals surface area contributed by atoms with Gasteiger partial charge in [0, 0.05) is 11.1 Å². The Hall–Kier alpha value is -3.62. The molecule has 178 valence electrons. The largest absolute Gasteiger partial charge is 0.493 e. The first kappa shape index (κ1) is 23.1. The Morgan fingerprint density at radius 3 is 2.57 bits per heavy atom. The number of methoxy groups -OCH3 is 1. The van der Waals surface area contributed by atoms with Gasteiger partial charge in [-0.1, -0.05) is 48.0 Å². The molecule has 3 aromatic rings. The summed E-state index contributed by atoms with van der Waals surface area (Å²) in [5.74, 6) is 1.79. The van der Waals surface area contributed by atoms with E-state index in [2.05, 4.69) is 0 Å². The number of hydrogen-bond acceptors (Lipinski definition) is 7. The van der Waals surface area contributed by atoms with E-state index in [0.29, 0.717) is 50.7 Å². The summed E-state index contributed by atoms with van der Waals surface area (Å²) >= 11 is 7.22. The van der Waals surface area contributed by atoms with Crippen molar-refractivity contribution in [2.45, 2.75) is 13.2 Å². The molecule has 0 radical (unpaired) electrons. The number of amides is 2. The van der Waals surface area contributed by atoms with Gasteiger partial charge in [0.15, 0.2) is 23.0 Å². The minimum absolute atomic E-state index is 0.0333. The number of nitrogens with zero attached hydrogens (tertiary/aromatic N) is 1. The summed E-state index contributed by atoms with van der Waals surface area (Å²) in [6, 6.07) is 18.4. The summed E-state index contributed by atoms with van der Waals surface area (Å²) in [5, 5.41) is 0.0247. The normalized spacial score (nSPS) is 15.7. The fourth-order valence-corrected chi connectivity index (χ4v) is 4.72. The molecule has 0 bridgehead atoms. The fraction of sp³-hybridized carbons (Fsp3) is 0.154. The quantitative estimate of drug-likeness (QED) is 0.367. The lowest BCUT2D eigenvalue weighted by atomic mass is 10.1. The number of rotatable bonds is 7. The van der Waals surface area contributed by atoms with Gasteiger partial charge in [0.25, 0.3) is 11.1 Å². The monoisotopic (exact) mass is 509 g/mol. The molecule has 7 nitrogen and oxygen atoms in total. The van der Waals surface area contributed by atoms with Crippen LogP contribution in [0, 0.1) is 0 Å². The molecule has 3 aromatic carbocycles. The van der Waals surface area contributed by atoms with Gasteiger partial charge in [-0.05, 0) is 52.7 Å². The Kier molecular flexibility index (Phi) is 6.57. The van der Waals surface area contributed by atoms with Crippen LogP contribution in [0.15, 0.2) is 65.6 Å². The third kappa shape index (κ3) is 4.94. The molecule has 9 heteroatoms. The maximum Gasteiger partial charge on any atom is 0.293 e. The second kappa shape index (κ2) is 9.93. The summed E-state index contributed by atoms with van der Waals surface area (Å²) in [7, 11) is 1.57. The lowest BCUT2D eigenvalue weighted by molar-refractivity contribution is -0.123. The van der Waals surface area contributed by atoms with E-state index in [1.807, 2.05) is 30.3 Å². The van der Waals surface area contributed by atoms with Crippen LogP contribution >= 0.6 is 23.4 Å². The Morgan fingerprint density at radius 1 is 1.03 bits per heavy atom. The fourth-order valence-electron chi connectivity index (χ4n) is 3.67. The minimum atomic E-state index is -0.392. The number of fused-ring (bicyclic) bond motifs is 1. The number of hydrogen-bond donors (Lipinski definition) is 0. The predicted molar refractivity (Wildman–Crippen MR) is 133 cm³/mol. The maximum absolute atomic E-state index is 13.0. The number of imide groups is 1. The highest BCUT2D eigenvalue weighted by atomic mass is 35.5. The molecule has 2 aliphatic heterocycles. The molecule has 0 N–H and O–H groups in total. The number of halogens is 1. The van der Waals surface area contributed by atoms with Crippen molar-refractivity contribution in [2.75, 3.05) is 13.9 Å². The Labute approximate surface area is 211 Å². The van der Waals surface area contributed by atoms with Crippen molar-refractivity contribution in [2.24, 2.45) is 0 Å². The van der Waals surface area contributed by atoms with Gasteiger partial charge in [0.1, 0.15) is 6.61 Å². The van der Waals surface area contributed by atoms with Gasteiger partial charge in [-0.25, -0.2) is 0 Å². The highest BCUT2D eigenvalue weighted by Crippen LogP contribution is 2.40. The standard InChI is InChI=1S/C26H20ClNO6S/c1-31-20-8-7-17(9-21(20)32-14-16-5-3-2-4-6-16)10-24-25(29)28(26(30)35-24)13-18-11-22-23(12-19(18)27)34-15-33-22/h2-12H,13-15H2,1H3/b24-10-. The van der Waals surface area contributed by atoms with Crippen molar-refractivity contribution in [1.82, 2.24) is 4.90 Å². The molecule has 1 saturated heterocycles. The first-order valence-corrected chi connectivity index (χ1v) is 11.9. The molecule has 0 atom stereocenters. The van der Waals surface area contributed by atoms with E-state index in [0.717, 1.165) is 22.2 Å². The topological polar surface area (TPSA) is 74.3 Å². The molecule has 5 rings (SSSR count). The molecular formula is C26H20ClNO6S. The molecule has 35 heavy (non-hydrogen) atoms. The maximum atomic E-state index is 13.0. The van der Waals surface area contributed by atoms with Gasteiger partial charge >= 0.3 is 0 Å². The van der Waals surface area contributed by atoms with Gasteiger partial charge in [-0.2, -0.15) is 0 Å². The van der Waals surface area contributed by atoms with E-state index in [1.54, 1.807) is 43.5 Å². The van der Waals surface area contributed by atoms with Crippen LogP contribution in [-0.2, 0) is 17.9 Å². The summed E-state index contributed by atoms with van der Waals surface area (Å²) in [5.41, 5.74) is 2.32. The third-order valence-electron chi connectivity index (χ3n) is 5.47. The van der Waals surface area contributed by atoms with Crippen molar-refractivity contribution in [3.8, 4) is 23.0 Å². The summed E-state index contributed by atoms with van der Waals surface area (Å²) < 4.78 is 22.1. The van der Waals surface area contributed by atoms with E-state index in [-0.39, 0.29) is 18.6 Å². The number of carbonyl (C=O) groups is 2. The van der Waals surface area contributed by atoms with Gasteiger partial charge in [-0.15, -0.1) is 0 Å². The molecule has 2 aliphatic rings. The molecule has 2 amide bonds. The minimum Gasteiger partial charge on any atom is -0.493 e. The second-order valence-corrected chi connectivity index (χ2v) is 9.15. The van der Waals surface area contributed by atoms with Crippen molar-refractivity contribution in [1.29, 1.82) is 0 Å². The van der Waals surface area contributed by atoms with Crippen LogP contribution in [0.2, 0.25) is 5.02 Å². The van der Waals surface area contributed by atoms with E-state index in [1.165, 1.54) is 0 Å². The van der Waals surface area contributed by atoms with Crippen molar-refractivity contribution >= 4 is 40.6 Å². The van der Waals surface area contributed by atoms with Crippen molar-refractivity contribution in [3.63, 3.8) is 0 Å². The molecule has 0 spiro atoms. The Morgan fingerprint density at radius 2 is 1.80 bits per heavy atom. The highest BCUT2D eigenvalue weighted by molar-refractivity contribution is 8.18. The van der Waals surface area contributed by atoms with Crippen LogP contribution in [0.5, 0.6) is 23.0 Å². The van der Waals surface area contributed by atoms with Crippen molar-refractivity contribution < 1.29 is 28.5 Å². The zero-order chi connectivity index (χ0) is 24.4. The zero-order valence-corrected chi connectivity index (χ0v) is 20.2. The van der Waals surface area contributed by atoms with Gasteiger partial charge in [0.2, 0.25) is 6.79 Å². The van der Waals surface area contributed by atoms with E-state index in [9.17, 15) is 9.59 Å². The van der Waals surface area contributed by atoms with E-state index < -0.39 is 5.91 Å². The summed E-state index contributed by atoms with van der Waals surface area (Å²) in [4.78, 5) is 27.2. The van der Waals surface area contributed by atoms with Crippen LogP contribution in [0.3, 0.4) is 0 Å². The molecule has 0 saturated carbocycles. The number of ether oxygens (including phenoxy) is 4. The molecule has 0 aromatic heterocycles. The first-order valence-electron chi connectivity index (χ1n) is 10.7. The average molecular weight is 510 g/mol. The predicted octanol–water partition coefficient (Wildman–Crippen LogP) is 5.89. The van der Waals surface area contributed by atoms with Gasteiger partial charge in [0.05, 0.1) is 18.6 Å². The Bertz CT molecular complexity index is 1330. The lowest BCUT2D eigenvalue weighted by Crippen LogP contribution is -2.27. The number of carbonyl (C=O) groups excluding carboxylic acids is 2. The van der Waals surface area contributed by atoms with E-state index in [4.69, 9.17) is 30.5 Å². The van der Waals surface area contributed by atoms with Gasteiger partial charge < -0.3 is 18.9 Å². The molecule has 2 heterocycles. The molecule has 1 fully saturated rings. The number of benzene rings is 3. The SMILES string of the molecule is COc1ccc(/C=C2\SC(=O)N(Cc3cc4c(cc3Cl)OCO4)C2=O)cc1OCc1ccccc1. The van der Waals surface area contributed by atoms with E-state index >= 15 is 0 Å². The summed E-state index contributed by atoms with van der Waals surface area (Å²) in [6.45, 7) is 0.511. The van der Waals surface area contributed by atoms with Crippen LogP contribution in [0.25, 0.3) is 6.08 Å². The smallest absolute Gasteiger partial charge is 0.293 e. The zero-order valence-electron chi connectivity index (χ0n) is 18.7. The van der Waals surface area contributed by atoms with Crippen LogP contribution in [0.1, 0.15) is 16.7 Å². The van der Waals surface area contributed by atoms with Crippen LogP contribution in [-0.4, -0.2) is 29.9 Å². The Balaban J connectivity index is 1.34. The first-order chi connectivity index (χ1) is 17.0. The van der Waals surface area contributed by atoms with Crippen LogP contribution in [0.4, 0.5) is 4.79 Å². The van der Waals surface area contributed by atoms with Gasteiger partial charge in [-0.3, -0.25) is 14.5 Å². The second-order valence-electron chi connectivity index (χ2n) is 7.75. The number of thioether (sulfide) groups is 1. The highest BCUT2D eigenvalue weighted by Gasteiger charge is 2.35. The average Bonchev–Trinajstić information content (AvgIpc) is 3.42. The lowest BCUT2D eigenvalue weighted by Gasteiger charge is -2.14. The molecule has 0 unspecified atom stereocenters.